The molecule has 1 atom stereocenters. The highest BCUT2D eigenvalue weighted by Crippen LogP contribution is 2.30. The van der Waals surface area contributed by atoms with Crippen molar-refractivity contribution in [2.45, 2.75) is 45.1 Å². The normalized spacial score (nSPS) is 15.8. The first-order valence-corrected chi connectivity index (χ1v) is 9.17. The number of hydrogen-bond donors (Lipinski definition) is 4. The summed E-state index contributed by atoms with van der Waals surface area (Å²) in [4.78, 5) is 35.3. The minimum atomic E-state index is -1.13. The van der Waals surface area contributed by atoms with Crippen molar-refractivity contribution in [1.82, 2.24) is 20.3 Å². The van der Waals surface area contributed by atoms with Crippen LogP contribution in [0.4, 0.5) is 0 Å². The third-order valence-electron chi connectivity index (χ3n) is 5.04. The number of nitrogens with zero attached hydrogens (tertiary/aromatic N) is 3. The fourth-order valence-corrected chi connectivity index (χ4v) is 3.40. The van der Waals surface area contributed by atoms with E-state index in [0.717, 1.165) is 31.9 Å². The lowest BCUT2D eigenvalue weighted by Crippen LogP contribution is -2.39. The van der Waals surface area contributed by atoms with Crippen LogP contribution in [0.5, 0.6) is 11.6 Å². The molecule has 2 heterocycles. The van der Waals surface area contributed by atoms with E-state index in [4.69, 9.17) is 5.11 Å². The highest BCUT2D eigenvalue weighted by molar-refractivity contribution is 5.96. The van der Waals surface area contributed by atoms with Gasteiger partial charge in [0.05, 0.1) is 5.56 Å². The Bertz CT molecular complexity index is 879. The first-order valence-electron chi connectivity index (χ1n) is 9.17. The van der Waals surface area contributed by atoms with Gasteiger partial charge < -0.3 is 20.6 Å². The van der Waals surface area contributed by atoms with Gasteiger partial charge in [-0.05, 0) is 37.8 Å². The number of pyridine rings is 1. The van der Waals surface area contributed by atoms with Crippen molar-refractivity contribution in [3.05, 3.63) is 29.6 Å². The Labute approximate surface area is 161 Å². The molecule has 0 aromatic carbocycles. The van der Waals surface area contributed by atoms with Crippen LogP contribution in [-0.4, -0.2) is 48.2 Å². The number of amides is 1. The van der Waals surface area contributed by atoms with Crippen LogP contribution < -0.4 is 5.32 Å². The number of carboxylic acid groups (broad SMARTS) is 1. The fourth-order valence-electron chi connectivity index (χ4n) is 3.40. The summed E-state index contributed by atoms with van der Waals surface area (Å²) in [5.74, 6) is -2.94. The van der Waals surface area contributed by atoms with E-state index < -0.39 is 23.5 Å². The Morgan fingerprint density at radius 1 is 1.14 bits per heavy atom. The number of aromatic hydroxyl groups is 2. The molecule has 2 aromatic rings. The SMILES string of the molecule is CC(NC(=O)c1nc(-c2ccc(C(=O)O)cn2)nc(O)c1O)C1CCCCC1. The molecule has 148 valence electrons. The number of aromatic nitrogens is 3. The second kappa shape index (κ2) is 8.20. The van der Waals surface area contributed by atoms with Crippen LogP contribution >= 0.6 is 0 Å². The van der Waals surface area contributed by atoms with Crippen molar-refractivity contribution >= 4 is 11.9 Å². The summed E-state index contributed by atoms with van der Waals surface area (Å²) in [5, 5.41) is 31.7. The van der Waals surface area contributed by atoms with Gasteiger partial charge in [0.15, 0.2) is 11.5 Å². The summed E-state index contributed by atoms with van der Waals surface area (Å²) in [6.07, 6.45) is 6.66. The van der Waals surface area contributed by atoms with Crippen LogP contribution in [0.25, 0.3) is 11.5 Å². The molecule has 4 N–H and O–H groups in total. The lowest BCUT2D eigenvalue weighted by atomic mass is 9.84. The Kier molecular flexibility index (Phi) is 5.72. The minimum absolute atomic E-state index is 0.0222. The number of carbonyl (C=O) groups is 2. The number of carboxylic acids is 1. The number of aromatic carboxylic acids is 1. The van der Waals surface area contributed by atoms with Gasteiger partial charge in [0.1, 0.15) is 5.69 Å². The highest BCUT2D eigenvalue weighted by Gasteiger charge is 2.26. The van der Waals surface area contributed by atoms with Gasteiger partial charge in [0.25, 0.3) is 11.8 Å². The summed E-state index contributed by atoms with van der Waals surface area (Å²) < 4.78 is 0. The average Bonchev–Trinajstić information content (AvgIpc) is 2.70. The number of rotatable bonds is 5. The zero-order valence-corrected chi connectivity index (χ0v) is 15.4. The molecule has 9 heteroatoms. The van der Waals surface area contributed by atoms with Crippen LogP contribution in [0.15, 0.2) is 18.3 Å². The largest absolute Gasteiger partial charge is 0.501 e. The lowest BCUT2D eigenvalue weighted by Gasteiger charge is -2.28. The highest BCUT2D eigenvalue weighted by atomic mass is 16.4. The van der Waals surface area contributed by atoms with Crippen LogP contribution in [0.2, 0.25) is 0 Å². The molecular weight excluding hydrogens is 364 g/mol. The summed E-state index contributed by atoms with van der Waals surface area (Å²) in [5.41, 5.74) is -0.213. The van der Waals surface area contributed by atoms with E-state index in [-0.39, 0.29) is 28.8 Å². The molecule has 9 nitrogen and oxygen atoms in total. The predicted molar refractivity (Wildman–Crippen MR) is 99.1 cm³/mol. The van der Waals surface area contributed by atoms with Gasteiger partial charge in [-0.1, -0.05) is 19.3 Å². The van der Waals surface area contributed by atoms with Crippen molar-refractivity contribution in [2.24, 2.45) is 5.92 Å². The number of nitrogens with one attached hydrogen (secondary N) is 1. The molecule has 0 spiro atoms. The molecule has 1 unspecified atom stereocenters. The number of carbonyl (C=O) groups excluding carboxylic acids is 1. The molecule has 1 amide bonds. The van der Waals surface area contributed by atoms with E-state index >= 15 is 0 Å². The van der Waals surface area contributed by atoms with Crippen LogP contribution in [0.1, 0.15) is 59.9 Å². The molecule has 3 rings (SSSR count). The van der Waals surface area contributed by atoms with E-state index in [1.807, 2.05) is 6.92 Å². The van der Waals surface area contributed by atoms with E-state index in [1.165, 1.54) is 18.6 Å². The van der Waals surface area contributed by atoms with Gasteiger partial charge in [0.2, 0.25) is 5.75 Å². The Morgan fingerprint density at radius 3 is 2.46 bits per heavy atom. The quantitative estimate of drug-likeness (QED) is 0.612. The van der Waals surface area contributed by atoms with Gasteiger partial charge in [-0.25, -0.2) is 9.78 Å². The standard InChI is InChI=1S/C19H22N4O5/c1-10(11-5-3-2-4-6-11)21-17(25)14-15(24)18(26)23-16(22-14)13-8-7-12(9-20-13)19(27)28/h7-11,24H,2-6H2,1H3,(H,21,25)(H,27,28)(H,22,23,26). The maximum absolute atomic E-state index is 12.6. The van der Waals surface area contributed by atoms with E-state index in [2.05, 4.69) is 20.3 Å². The second-order valence-electron chi connectivity index (χ2n) is 6.97. The van der Waals surface area contributed by atoms with Gasteiger partial charge in [-0.2, -0.15) is 4.98 Å². The van der Waals surface area contributed by atoms with Crippen LogP contribution in [-0.2, 0) is 0 Å². The van der Waals surface area contributed by atoms with Crippen molar-refractivity contribution in [3.8, 4) is 23.1 Å². The maximum atomic E-state index is 12.6. The van der Waals surface area contributed by atoms with Crippen molar-refractivity contribution in [3.63, 3.8) is 0 Å². The lowest BCUT2D eigenvalue weighted by molar-refractivity contribution is 0.0696. The zero-order chi connectivity index (χ0) is 20.3. The second-order valence-corrected chi connectivity index (χ2v) is 6.97. The molecule has 0 saturated heterocycles. The van der Waals surface area contributed by atoms with Crippen LogP contribution in [0.3, 0.4) is 0 Å². The van der Waals surface area contributed by atoms with E-state index in [1.54, 1.807) is 0 Å². The fraction of sp³-hybridized carbons (Fsp3) is 0.421. The van der Waals surface area contributed by atoms with Gasteiger partial charge in [-0.3, -0.25) is 9.78 Å². The summed E-state index contributed by atoms with van der Waals surface area (Å²) >= 11 is 0. The van der Waals surface area contributed by atoms with Gasteiger partial charge >= 0.3 is 5.97 Å². The third-order valence-corrected chi connectivity index (χ3v) is 5.04. The van der Waals surface area contributed by atoms with Gasteiger partial charge in [0, 0.05) is 12.2 Å². The molecule has 1 aliphatic rings. The minimum Gasteiger partial charge on any atom is -0.501 e. The van der Waals surface area contributed by atoms with Crippen molar-refractivity contribution < 1.29 is 24.9 Å². The van der Waals surface area contributed by atoms with Crippen LogP contribution in [0, 0.1) is 5.92 Å². The Morgan fingerprint density at radius 2 is 1.86 bits per heavy atom. The molecule has 0 radical (unpaired) electrons. The smallest absolute Gasteiger partial charge is 0.337 e. The summed E-state index contributed by atoms with van der Waals surface area (Å²) in [6, 6.07) is 2.57. The number of hydrogen-bond acceptors (Lipinski definition) is 7. The molecule has 28 heavy (non-hydrogen) atoms. The monoisotopic (exact) mass is 386 g/mol. The average molecular weight is 386 g/mol. The Balaban J connectivity index is 1.84. The first-order chi connectivity index (χ1) is 13.4. The van der Waals surface area contributed by atoms with E-state index in [0.29, 0.717) is 5.92 Å². The summed E-state index contributed by atoms with van der Waals surface area (Å²) in [6.45, 7) is 1.92. The zero-order valence-electron chi connectivity index (χ0n) is 15.4. The first kappa shape index (κ1) is 19.5. The Hall–Kier alpha value is -3.23. The van der Waals surface area contributed by atoms with Crippen molar-refractivity contribution in [1.29, 1.82) is 0 Å². The van der Waals surface area contributed by atoms with Crippen molar-refractivity contribution in [2.75, 3.05) is 0 Å². The molecule has 1 saturated carbocycles. The molecule has 1 fully saturated rings. The third kappa shape index (κ3) is 4.19. The summed E-state index contributed by atoms with van der Waals surface area (Å²) in [7, 11) is 0. The topological polar surface area (TPSA) is 146 Å². The molecular formula is C19H22N4O5. The van der Waals surface area contributed by atoms with Gasteiger partial charge in [-0.15, -0.1) is 0 Å². The maximum Gasteiger partial charge on any atom is 0.337 e. The molecule has 0 bridgehead atoms. The predicted octanol–water partition coefficient (Wildman–Crippen LogP) is 2.35. The molecule has 1 aliphatic carbocycles. The molecule has 0 aliphatic heterocycles. The van der Waals surface area contributed by atoms with E-state index in [9.17, 15) is 19.8 Å². The molecule has 2 aromatic heterocycles.